The number of carbonyl (C=O) groups is 1. The number of hydrogen-bond acceptors (Lipinski definition) is 2. The predicted octanol–water partition coefficient (Wildman–Crippen LogP) is 2.37. The molecule has 2 rings (SSSR count). The van der Waals surface area contributed by atoms with Crippen LogP contribution in [0.4, 0.5) is 0 Å². The van der Waals surface area contributed by atoms with Crippen molar-refractivity contribution < 1.29 is 4.79 Å². The first-order chi connectivity index (χ1) is 8.16. The molecule has 0 bridgehead atoms. The first kappa shape index (κ1) is 15.5. The van der Waals surface area contributed by atoms with E-state index in [0.717, 1.165) is 23.9 Å². The molecule has 3 nitrogen and oxygen atoms in total. The molecule has 1 fully saturated rings. The Labute approximate surface area is 122 Å². The number of nitrogens with one attached hydrogen (secondary N) is 1. The van der Waals surface area contributed by atoms with E-state index in [2.05, 4.69) is 33.4 Å². The molecule has 0 saturated heterocycles. The molecule has 1 amide bonds. The van der Waals surface area contributed by atoms with E-state index in [1.165, 1.54) is 5.56 Å². The lowest BCUT2D eigenvalue weighted by molar-refractivity contribution is -0.121. The highest BCUT2D eigenvalue weighted by atomic mass is 79.9. The SMILES string of the molecule is Cl.NCCC(=O)NCC1(c2cccc(Br)c2)CC1. The van der Waals surface area contributed by atoms with Crippen molar-refractivity contribution in [2.45, 2.75) is 24.7 Å². The van der Waals surface area contributed by atoms with Crippen LogP contribution in [0.25, 0.3) is 0 Å². The molecule has 1 aliphatic rings. The number of nitrogens with two attached hydrogens (primary N) is 1. The highest BCUT2D eigenvalue weighted by Gasteiger charge is 2.44. The summed E-state index contributed by atoms with van der Waals surface area (Å²) in [5.41, 5.74) is 6.81. The van der Waals surface area contributed by atoms with Crippen LogP contribution in [0, 0.1) is 0 Å². The van der Waals surface area contributed by atoms with E-state index in [1.807, 2.05) is 12.1 Å². The molecule has 100 valence electrons. The first-order valence-corrected chi connectivity index (χ1v) is 6.68. The molecule has 3 N–H and O–H groups in total. The van der Waals surface area contributed by atoms with Crippen molar-refractivity contribution in [1.29, 1.82) is 0 Å². The molecule has 0 aliphatic heterocycles. The number of amides is 1. The molecule has 18 heavy (non-hydrogen) atoms. The van der Waals surface area contributed by atoms with Gasteiger partial charge in [-0.1, -0.05) is 28.1 Å². The molecular formula is C13H18BrClN2O. The van der Waals surface area contributed by atoms with Crippen molar-refractivity contribution in [3.8, 4) is 0 Å². The monoisotopic (exact) mass is 332 g/mol. The molecule has 0 unspecified atom stereocenters. The van der Waals surface area contributed by atoms with E-state index in [0.29, 0.717) is 13.0 Å². The molecule has 1 aromatic carbocycles. The Kier molecular flexibility index (Phi) is 5.63. The summed E-state index contributed by atoms with van der Waals surface area (Å²) < 4.78 is 1.09. The van der Waals surface area contributed by atoms with E-state index in [9.17, 15) is 4.79 Å². The van der Waals surface area contributed by atoms with Crippen molar-refractivity contribution in [1.82, 2.24) is 5.32 Å². The zero-order chi connectivity index (χ0) is 12.3. The normalized spacial score (nSPS) is 15.7. The molecule has 0 spiro atoms. The molecule has 1 aliphatic carbocycles. The van der Waals surface area contributed by atoms with Crippen molar-refractivity contribution in [3.63, 3.8) is 0 Å². The van der Waals surface area contributed by atoms with Crippen LogP contribution in [0.2, 0.25) is 0 Å². The highest BCUT2D eigenvalue weighted by molar-refractivity contribution is 9.10. The molecular weight excluding hydrogens is 316 g/mol. The fraction of sp³-hybridized carbons (Fsp3) is 0.462. The number of benzene rings is 1. The lowest BCUT2D eigenvalue weighted by Crippen LogP contribution is -2.33. The maximum atomic E-state index is 11.4. The van der Waals surface area contributed by atoms with Gasteiger partial charge in [0.05, 0.1) is 0 Å². The predicted molar refractivity (Wildman–Crippen MR) is 79.0 cm³/mol. The maximum absolute atomic E-state index is 11.4. The Hall–Kier alpha value is -0.580. The third-order valence-corrected chi connectivity index (χ3v) is 3.78. The van der Waals surface area contributed by atoms with Gasteiger partial charge in [-0.3, -0.25) is 4.79 Å². The maximum Gasteiger partial charge on any atom is 0.221 e. The summed E-state index contributed by atoms with van der Waals surface area (Å²) in [7, 11) is 0. The average Bonchev–Trinajstić information content (AvgIpc) is 3.08. The van der Waals surface area contributed by atoms with Gasteiger partial charge in [-0.15, -0.1) is 12.4 Å². The molecule has 1 saturated carbocycles. The standard InChI is InChI=1S/C13H17BrN2O.ClH/c14-11-3-1-2-10(8-11)13(5-6-13)9-16-12(17)4-7-15;/h1-3,8H,4-7,9,15H2,(H,16,17);1H. The Morgan fingerprint density at radius 1 is 1.44 bits per heavy atom. The van der Waals surface area contributed by atoms with Gasteiger partial charge in [0, 0.05) is 29.4 Å². The van der Waals surface area contributed by atoms with E-state index in [4.69, 9.17) is 5.73 Å². The van der Waals surface area contributed by atoms with E-state index in [-0.39, 0.29) is 23.7 Å². The zero-order valence-electron chi connectivity index (χ0n) is 10.1. The number of hydrogen-bond donors (Lipinski definition) is 2. The minimum atomic E-state index is 0. The van der Waals surface area contributed by atoms with Crippen LogP contribution in [0.15, 0.2) is 28.7 Å². The second-order valence-electron chi connectivity index (χ2n) is 4.61. The number of rotatable bonds is 5. The van der Waals surface area contributed by atoms with Gasteiger partial charge in [0.15, 0.2) is 0 Å². The Bertz CT molecular complexity index is 421. The van der Waals surface area contributed by atoms with Gasteiger partial charge in [0.2, 0.25) is 5.91 Å². The van der Waals surface area contributed by atoms with Gasteiger partial charge in [-0.05, 0) is 30.5 Å². The molecule has 0 radical (unpaired) electrons. The fourth-order valence-electron chi connectivity index (χ4n) is 2.02. The second-order valence-corrected chi connectivity index (χ2v) is 5.52. The van der Waals surface area contributed by atoms with Gasteiger partial charge in [-0.25, -0.2) is 0 Å². The fourth-order valence-corrected chi connectivity index (χ4v) is 2.42. The van der Waals surface area contributed by atoms with Crippen LogP contribution >= 0.6 is 28.3 Å². The minimum absolute atomic E-state index is 0. The van der Waals surface area contributed by atoms with Gasteiger partial charge in [0.1, 0.15) is 0 Å². The number of carbonyl (C=O) groups excluding carboxylic acids is 1. The smallest absolute Gasteiger partial charge is 0.221 e. The highest BCUT2D eigenvalue weighted by Crippen LogP contribution is 2.48. The van der Waals surface area contributed by atoms with Gasteiger partial charge in [-0.2, -0.15) is 0 Å². The van der Waals surface area contributed by atoms with Crippen LogP contribution < -0.4 is 11.1 Å². The van der Waals surface area contributed by atoms with Crippen LogP contribution in [0.5, 0.6) is 0 Å². The third kappa shape index (κ3) is 3.70. The van der Waals surface area contributed by atoms with Crippen LogP contribution in [0.3, 0.4) is 0 Å². The Morgan fingerprint density at radius 3 is 2.72 bits per heavy atom. The summed E-state index contributed by atoms with van der Waals surface area (Å²) in [5.74, 6) is 0.0498. The topological polar surface area (TPSA) is 55.1 Å². The molecule has 0 atom stereocenters. The summed E-state index contributed by atoms with van der Waals surface area (Å²) in [5, 5.41) is 2.97. The van der Waals surface area contributed by atoms with Crippen LogP contribution in [0.1, 0.15) is 24.8 Å². The largest absolute Gasteiger partial charge is 0.355 e. The summed E-state index contributed by atoms with van der Waals surface area (Å²) in [6.07, 6.45) is 2.70. The Morgan fingerprint density at radius 2 is 2.17 bits per heavy atom. The second kappa shape index (κ2) is 6.55. The summed E-state index contributed by atoms with van der Waals surface area (Å²) in [6.45, 7) is 1.14. The van der Waals surface area contributed by atoms with E-state index in [1.54, 1.807) is 0 Å². The summed E-state index contributed by atoms with van der Waals surface area (Å²) >= 11 is 3.48. The lowest BCUT2D eigenvalue weighted by atomic mass is 9.96. The van der Waals surface area contributed by atoms with Crippen molar-refractivity contribution in [3.05, 3.63) is 34.3 Å². The van der Waals surface area contributed by atoms with E-state index >= 15 is 0 Å². The third-order valence-electron chi connectivity index (χ3n) is 3.29. The van der Waals surface area contributed by atoms with Crippen LogP contribution in [-0.2, 0) is 10.2 Å². The van der Waals surface area contributed by atoms with Gasteiger partial charge in [0.25, 0.3) is 0 Å². The Balaban J connectivity index is 0.00000162. The van der Waals surface area contributed by atoms with Crippen molar-refractivity contribution >= 4 is 34.2 Å². The first-order valence-electron chi connectivity index (χ1n) is 5.89. The van der Waals surface area contributed by atoms with Crippen molar-refractivity contribution in [2.75, 3.05) is 13.1 Å². The summed E-state index contributed by atoms with van der Waals surface area (Å²) in [4.78, 5) is 11.4. The van der Waals surface area contributed by atoms with Gasteiger partial charge < -0.3 is 11.1 Å². The zero-order valence-corrected chi connectivity index (χ0v) is 12.5. The average molecular weight is 334 g/mol. The molecule has 0 heterocycles. The summed E-state index contributed by atoms with van der Waals surface area (Å²) in [6, 6.07) is 8.34. The molecule has 1 aromatic rings. The van der Waals surface area contributed by atoms with Gasteiger partial charge >= 0.3 is 0 Å². The van der Waals surface area contributed by atoms with Crippen LogP contribution in [-0.4, -0.2) is 19.0 Å². The minimum Gasteiger partial charge on any atom is -0.355 e. The quantitative estimate of drug-likeness (QED) is 0.869. The van der Waals surface area contributed by atoms with Crippen molar-refractivity contribution in [2.24, 2.45) is 5.73 Å². The molecule has 0 aromatic heterocycles. The lowest BCUT2D eigenvalue weighted by Gasteiger charge is -2.16. The molecule has 5 heteroatoms. The van der Waals surface area contributed by atoms with E-state index < -0.39 is 0 Å². The number of halogens is 2.